The molecule has 0 bridgehead atoms. The average molecular weight is 468 g/mol. The minimum absolute atomic E-state index is 0. The Bertz CT molecular complexity index is 969. The second-order valence-corrected chi connectivity index (χ2v) is 6.95. The fraction of sp³-hybridized carbons (Fsp3) is 0.444. The molecule has 2 aliphatic rings. The Morgan fingerprint density at radius 3 is 2.59 bits per heavy atom. The number of hydrogen-bond acceptors (Lipinski definition) is 6. The van der Waals surface area contributed by atoms with Crippen molar-refractivity contribution in [1.29, 1.82) is 0 Å². The molecule has 148 valence electrons. The van der Waals surface area contributed by atoms with Crippen molar-refractivity contribution in [2.24, 2.45) is 0 Å². The molecule has 9 heteroatoms. The molecule has 2 aromatic rings. The predicted molar refractivity (Wildman–Crippen MR) is 92.4 cm³/mol. The smallest absolute Gasteiger partial charge is 0.545 e. The van der Waals surface area contributed by atoms with Crippen LogP contribution in [0.25, 0.3) is 10.9 Å². The van der Waals surface area contributed by atoms with Crippen LogP contribution >= 0.6 is 0 Å². The van der Waals surface area contributed by atoms with Gasteiger partial charge in [-0.1, -0.05) is 0 Å². The summed E-state index contributed by atoms with van der Waals surface area (Å²) in [5.74, 6) is -1.83. The molecule has 27 heavy (non-hydrogen) atoms. The zero-order valence-corrected chi connectivity index (χ0v) is 16.4. The van der Waals surface area contributed by atoms with Crippen LogP contribution in [-0.2, 0) is 22.4 Å². The van der Waals surface area contributed by atoms with Crippen molar-refractivity contribution < 1.29 is 41.4 Å². The molecule has 3 heterocycles. The van der Waals surface area contributed by atoms with Gasteiger partial charge in [0.15, 0.2) is 17.0 Å². The summed E-state index contributed by atoms with van der Waals surface area (Å²) in [7, 11) is 2.01. The number of carboxylic acids is 1. The number of rotatable bonds is 2. The molecule has 0 saturated carbocycles. The van der Waals surface area contributed by atoms with Crippen LogP contribution in [0.5, 0.6) is 5.75 Å². The maximum atomic E-state index is 15.0. The number of carbonyl (C=O) groups excluding carboxylic acids is 1. The minimum atomic E-state index is -1.57. The van der Waals surface area contributed by atoms with Crippen molar-refractivity contribution in [2.45, 2.75) is 13.0 Å². The van der Waals surface area contributed by atoms with Gasteiger partial charge in [-0.15, -0.1) is 0 Å². The summed E-state index contributed by atoms with van der Waals surface area (Å²) < 4.78 is 22.5. The van der Waals surface area contributed by atoms with Gasteiger partial charge in [0.25, 0.3) is 0 Å². The van der Waals surface area contributed by atoms with Crippen LogP contribution in [-0.4, -0.2) is 55.3 Å². The Hall–Kier alpha value is -1.87. The van der Waals surface area contributed by atoms with Gasteiger partial charge in [-0.2, -0.15) is 0 Å². The second-order valence-electron chi connectivity index (χ2n) is 6.95. The van der Waals surface area contributed by atoms with Crippen LogP contribution in [0.15, 0.2) is 17.1 Å². The molecule has 0 unspecified atom stereocenters. The van der Waals surface area contributed by atoms with Crippen molar-refractivity contribution in [2.75, 3.05) is 44.7 Å². The van der Waals surface area contributed by atoms with E-state index in [2.05, 4.69) is 4.90 Å². The molecule has 1 aromatic carbocycles. The number of nitrogens with zero attached hydrogens (tertiary/aromatic N) is 3. The molecular weight excluding hydrogens is 449 g/mol. The Kier molecular flexibility index (Phi) is 5.36. The van der Waals surface area contributed by atoms with E-state index in [0.717, 1.165) is 19.2 Å². The van der Waals surface area contributed by atoms with Crippen molar-refractivity contribution >= 4 is 22.6 Å². The molecule has 1 atom stereocenters. The number of carboxylic acid groups (broad SMARTS) is 1. The average Bonchev–Trinajstić information content (AvgIpc) is 2.60. The number of anilines is 1. The quantitative estimate of drug-likeness (QED) is 0.587. The summed E-state index contributed by atoms with van der Waals surface area (Å²) in [6, 6.07) is 0.939. The summed E-state index contributed by atoms with van der Waals surface area (Å²) in [5.41, 5.74) is -0.441. The van der Waals surface area contributed by atoms with E-state index in [0.29, 0.717) is 30.0 Å². The third kappa shape index (κ3) is 3.16. The standard InChI is InChI=1S/C18H20FN3O4.Ag/c1-10-9-26-17-14-11(16(23)12(18(24)25)8-22(10)14)7-13(19)15(17)21-5-3-20(2)4-6-21;/h7-8,10H,3-6,9H2,1-2H3,(H,24,25);/q;+1/p-1/t10-;/m0./s1. The largest absolute Gasteiger partial charge is 1.00 e. The first-order valence-corrected chi connectivity index (χ1v) is 8.57. The number of carbonyl (C=O) groups is 1. The second kappa shape index (κ2) is 7.27. The van der Waals surface area contributed by atoms with Gasteiger partial charge in [-0.05, 0) is 20.0 Å². The minimum Gasteiger partial charge on any atom is -0.545 e. The first kappa shape index (κ1) is 19.9. The van der Waals surface area contributed by atoms with E-state index < -0.39 is 22.8 Å². The van der Waals surface area contributed by atoms with E-state index >= 15 is 0 Å². The zero-order valence-electron chi connectivity index (χ0n) is 14.9. The van der Waals surface area contributed by atoms with E-state index in [9.17, 15) is 19.1 Å². The predicted octanol–water partition coefficient (Wildman–Crippen LogP) is 0.207. The molecule has 0 amide bonds. The van der Waals surface area contributed by atoms with E-state index in [4.69, 9.17) is 4.74 Å². The Labute approximate surface area is 170 Å². The van der Waals surface area contributed by atoms with Crippen molar-refractivity contribution in [1.82, 2.24) is 9.47 Å². The van der Waals surface area contributed by atoms with Crippen LogP contribution in [0.1, 0.15) is 23.3 Å². The van der Waals surface area contributed by atoms with Gasteiger partial charge in [-0.25, -0.2) is 4.39 Å². The van der Waals surface area contributed by atoms with Crippen LogP contribution < -0.4 is 20.2 Å². The summed E-state index contributed by atoms with van der Waals surface area (Å²) >= 11 is 0. The maximum Gasteiger partial charge on any atom is 1.00 e. The van der Waals surface area contributed by atoms with E-state index in [-0.39, 0.29) is 40.4 Å². The van der Waals surface area contributed by atoms with Gasteiger partial charge in [0.1, 0.15) is 12.3 Å². The SMILES string of the molecule is C[C@H]1COc2c(N3CCN(C)CC3)c(F)cc3c(=O)c(C(=O)[O-])cn1c23.[Ag+]. The molecule has 0 radical (unpaired) electrons. The number of benzene rings is 1. The summed E-state index contributed by atoms with van der Waals surface area (Å²) in [6.07, 6.45) is 1.28. The molecule has 0 N–H and O–H groups in total. The molecule has 1 fully saturated rings. The third-order valence-electron chi connectivity index (χ3n) is 5.18. The number of pyridine rings is 1. The van der Waals surface area contributed by atoms with Gasteiger partial charge < -0.3 is 29.0 Å². The number of hydrogen-bond donors (Lipinski definition) is 0. The van der Waals surface area contributed by atoms with Crippen molar-refractivity contribution in [3.63, 3.8) is 0 Å². The molecule has 4 rings (SSSR count). The van der Waals surface area contributed by atoms with Crippen LogP contribution in [0, 0.1) is 5.82 Å². The molecule has 0 spiro atoms. The molecule has 0 aliphatic carbocycles. The van der Waals surface area contributed by atoms with Gasteiger partial charge in [0.2, 0.25) is 0 Å². The third-order valence-corrected chi connectivity index (χ3v) is 5.18. The first-order valence-electron chi connectivity index (χ1n) is 8.57. The summed E-state index contributed by atoms with van der Waals surface area (Å²) in [5, 5.41) is 11.3. The van der Waals surface area contributed by atoms with Crippen LogP contribution in [0.3, 0.4) is 0 Å². The summed E-state index contributed by atoms with van der Waals surface area (Å²) in [4.78, 5) is 27.9. The Morgan fingerprint density at radius 1 is 1.30 bits per heavy atom. The monoisotopic (exact) mass is 467 g/mol. The Morgan fingerprint density at radius 2 is 1.96 bits per heavy atom. The fourth-order valence-corrected chi connectivity index (χ4v) is 3.68. The molecule has 7 nitrogen and oxygen atoms in total. The molecule has 2 aliphatic heterocycles. The topological polar surface area (TPSA) is 77.8 Å². The van der Waals surface area contributed by atoms with Crippen LogP contribution in [0.4, 0.5) is 10.1 Å². The number of aromatic carboxylic acids is 1. The van der Waals surface area contributed by atoms with E-state index in [1.807, 2.05) is 18.9 Å². The molecule has 1 aromatic heterocycles. The Balaban J connectivity index is 0.00000210. The van der Waals surface area contributed by atoms with Gasteiger partial charge in [0, 0.05) is 32.4 Å². The van der Waals surface area contributed by atoms with Gasteiger partial charge in [-0.3, -0.25) is 4.79 Å². The van der Waals surface area contributed by atoms with E-state index in [1.54, 1.807) is 4.57 Å². The van der Waals surface area contributed by atoms with Crippen molar-refractivity contribution in [3.8, 4) is 5.75 Å². The zero-order chi connectivity index (χ0) is 18.6. The normalized spacial score (nSPS) is 19.5. The van der Waals surface area contributed by atoms with Gasteiger partial charge in [0.05, 0.1) is 28.5 Å². The number of piperazine rings is 1. The first-order chi connectivity index (χ1) is 12.4. The fourth-order valence-electron chi connectivity index (χ4n) is 3.68. The maximum absolute atomic E-state index is 15.0. The molecular formula is C18H19AgFN3O4. The van der Waals surface area contributed by atoms with Crippen LogP contribution in [0.2, 0.25) is 0 Å². The van der Waals surface area contributed by atoms with Gasteiger partial charge >= 0.3 is 22.4 Å². The number of ether oxygens (including phenoxy) is 1. The summed E-state index contributed by atoms with van der Waals surface area (Å²) in [6.45, 7) is 5.00. The molecule has 1 saturated heterocycles. The number of aromatic nitrogens is 1. The van der Waals surface area contributed by atoms with E-state index in [1.165, 1.54) is 6.20 Å². The number of halogens is 1. The van der Waals surface area contributed by atoms with Crippen molar-refractivity contribution in [3.05, 3.63) is 33.9 Å². The number of likely N-dealkylation sites (N-methyl/N-ethyl adjacent to an activating group) is 1.